The number of ether oxygens (including phenoxy) is 10. The number of nitrogens with one attached hydrogen (secondary N) is 1. The topological polar surface area (TPSA) is 250 Å². The second-order valence-corrected chi connectivity index (χ2v) is 26.3. The van der Waals surface area contributed by atoms with Crippen molar-refractivity contribution in [2.45, 2.75) is 190 Å². The highest BCUT2D eigenvalue weighted by molar-refractivity contribution is 5.98. The number of carbonyl (C=O) groups excluding carboxylic acids is 6. The van der Waals surface area contributed by atoms with E-state index in [0.717, 1.165) is 31.5 Å². The van der Waals surface area contributed by atoms with E-state index in [0.29, 0.717) is 81.2 Å². The molecule has 0 aliphatic carbocycles. The monoisotopic (exact) mass is 1200 g/mol. The third-order valence-electron chi connectivity index (χ3n) is 12.5. The van der Waals surface area contributed by atoms with E-state index in [4.69, 9.17) is 47.4 Å². The van der Waals surface area contributed by atoms with Crippen LogP contribution in [0, 0.1) is 0 Å². The molecular weight excluding hydrogens is 1100 g/mol. The van der Waals surface area contributed by atoms with Gasteiger partial charge in [-0.3, -0.25) is 48.4 Å². The Bertz CT molecular complexity index is 2340. The molecule has 1 N–H and O–H groups in total. The van der Waals surface area contributed by atoms with Crippen molar-refractivity contribution >= 4 is 35.8 Å². The van der Waals surface area contributed by atoms with E-state index in [1.54, 1.807) is 137 Å². The zero-order valence-electron chi connectivity index (χ0n) is 54.6. The van der Waals surface area contributed by atoms with E-state index < -0.39 is 63.9 Å². The third kappa shape index (κ3) is 31.6. The largest absolute Gasteiger partial charge is 0.493 e. The van der Waals surface area contributed by atoms with Crippen LogP contribution in [-0.4, -0.2) is 230 Å². The van der Waals surface area contributed by atoms with Crippen LogP contribution >= 0.6 is 0 Å². The lowest BCUT2D eigenvalue weighted by atomic mass is 10.0. The minimum Gasteiger partial charge on any atom is -0.493 e. The van der Waals surface area contributed by atoms with Crippen molar-refractivity contribution in [3.8, 4) is 11.5 Å². The summed E-state index contributed by atoms with van der Waals surface area (Å²) in [7, 11) is 3.09. The fourth-order valence-corrected chi connectivity index (χ4v) is 9.22. The van der Waals surface area contributed by atoms with Gasteiger partial charge >= 0.3 is 29.8 Å². The molecule has 2 heterocycles. The Kier molecular flexibility index (Phi) is 30.1. The van der Waals surface area contributed by atoms with Gasteiger partial charge in [0.2, 0.25) is 0 Å². The molecular formula is C61H104N8O16. The Morgan fingerprint density at radius 1 is 0.647 bits per heavy atom. The van der Waals surface area contributed by atoms with Crippen LogP contribution < -0.4 is 14.8 Å². The van der Waals surface area contributed by atoms with Crippen LogP contribution in [0.2, 0.25) is 0 Å². The van der Waals surface area contributed by atoms with Gasteiger partial charge in [-0.1, -0.05) is 12.1 Å². The molecule has 3 rings (SSSR count). The Morgan fingerprint density at radius 3 is 1.66 bits per heavy atom. The van der Waals surface area contributed by atoms with Crippen LogP contribution in [0.1, 0.15) is 152 Å². The molecule has 0 radical (unpaired) electrons. The van der Waals surface area contributed by atoms with E-state index in [1.165, 1.54) is 7.11 Å². The number of likely N-dealkylation sites (tertiary alicyclic amines) is 1. The normalized spacial score (nSPS) is 14.8. The van der Waals surface area contributed by atoms with Crippen molar-refractivity contribution in [2.24, 2.45) is 0 Å². The van der Waals surface area contributed by atoms with E-state index >= 15 is 0 Å². The van der Waals surface area contributed by atoms with Gasteiger partial charge < -0.3 is 52.7 Å². The summed E-state index contributed by atoms with van der Waals surface area (Å²) in [5.74, 6) is -2.21. The highest BCUT2D eigenvalue weighted by Crippen LogP contribution is 2.33. The van der Waals surface area contributed by atoms with E-state index in [9.17, 15) is 28.8 Å². The predicted molar refractivity (Wildman–Crippen MR) is 319 cm³/mol. The number of hydrogen-bond acceptors (Lipinski definition) is 22. The van der Waals surface area contributed by atoms with Gasteiger partial charge in [-0.2, -0.15) is 0 Å². The van der Waals surface area contributed by atoms with Crippen molar-refractivity contribution in [3.05, 3.63) is 35.2 Å². The molecule has 0 bridgehead atoms. The van der Waals surface area contributed by atoms with Gasteiger partial charge in [0.15, 0.2) is 11.5 Å². The van der Waals surface area contributed by atoms with Gasteiger partial charge in [0.1, 0.15) is 33.7 Å². The smallest absolute Gasteiger partial charge is 0.320 e. The summed E-state index contributed by atoms with van der Waals surface area (Å²) < 4.78 is 59.4. The molecule has 2 atom stereocenters. The molecule has 24 heteroatoms. The van der Waals surface area contributed by atoms with Crippen molar-refractivity contribution in [1.29, 1.82) is 0 Å². The summed E-state index contributed by atoms with van der Waals surface area (Å²) in [6.45, 7) is 31.4. The Morgan fingerprint density at radius 2 is 1.15 bits per heavy atom. The highest BCUT2D eigenvalue weighted by Gasteiger charge is 2.33. The Balaban J connectivity index is 1.73. The first-order chi connectivity index (χ1) is 39.5. The number of nitrogens with zero attached hydrogens (tertiary/aromatic N) is 7. The predicted octanol–water partition coefficient (Wildman–Crippen LogP) is 5.68. The first-order valence-electron chi connectivity index (χ1n) is 29.7. The van der Waals surface area contributed by atoms with Gasteiger partial charge in [0.05, 0.1) is 98.3 Å². The van der Waals surface area contributed by atoms with Crippen LogP contribution in [0.3, 0.4) is 0 Å². The molecule has 484 valence electrons. The Hall–Kier alpha value is -5.50. The molecule has 24 nitrogen and oxygen atoms in total. The van der Waals surface area contributed by atoms with Crippen molar-refractivity contribution < 1.29 is 76.1 Å². The van der Waals surface area contributed by atoms with Crippen LogP contribution in [-0.2, 0) is 81.4 Å². The fraction of sp³-hybridized carbons (Fsp3) is 0.770. The quantitative estimate of drug-likeness (QED) is 0.0490. The SMILES string of the molecule is CCN1CCC[C@H]1CNC(=O)c1cc(CCCOCCOCCn2cc(COC[C@H](CN(CCN(CC(=O)OC(C)(C)C)CC(=O)OC(C)(C)C)CC(=O)OC(C)(C)C)N(CC(=O)OC(C)(C)C)CC(=O)OC(C)(C)C)nn2)cc(OC)c1OC. The molecule has 1 aromatic carbocycles. The summed E-state index contributed by atoms with van der Waals surface area (Å²) >= 11 is 0. The maximum absolute atomic E-state index is 13.7. The number of likely N-dealkylation sites (N-methyl/N-ethyl adjacent to an activating group) is 1. The Labute approximate surface area is 505 Å². The lowest BCUT2D eigenvalue weighted by Gasteiger charge is -2.36. The maximum Gasteiger partial charge on any atom is 0.320 e. The molecule has 1 aromatic heterocycles. The number of esters is 5. The number of benzene rings is 1. The van der Waals surface area contributed by atoms with Crippen LogP contribution in [0.4, 0.5) is 0 Å². The van der Waals surface area contributed by atoms with Gasteiger partial charge in [0, 0.05) is 44.9 Å². The number of aromatic nitrogens is 3. The zero-order chi connectivity index (χ0) is 63.8. The number of amides is 1. The molecule has 1 fully saturated rings. The van der Waals surface area contributed by atoms with Gasteiger partial charge in [-0.15, -0.1) is 5.10 Å². The molecule has 85 heavy (non-hydrogen) atoms. The average Bonchev–Trinajstić information content (AvgIpc) is 3.14. The van der Waals surface area contributed by atoms with E-state index in [-0.39, 0.29) is 71.5 Å². The summed E-state index contributed by atoms with van der Waals surface area (Å²) in [4.78, 5) is 88.1. The van der Waals surface area contributed by atoms with Crippen molar-refractivity contribution in [3.63, 3.8) is 0 Å². The average molecular weight is 1210 g/mol. The summed E-state index contributed by atoms with van der Waals surface area (Å²) in [5.41, 5.74) is -2.27. The first-order valence-corrected chi connectivity index (χ1v) is 29.7. The standard InChI is InChI=1S/C61H104N8O16/c1-19-67-24-20-23-46(67)34-62-56(75)48-32-44(33-49(76-17)55(48)77-18)22-21-28-78-30-31-79-29-27-69-35-45(63-64-69)42-80-43-47(68(40-53(73)84-60(11,12)13)41-54(74)85-61(14,15)16)36-65(37-50(70)81-57(2,3)4)25-26-66(38-51(71)82-58(5,6)7)39-52(72)83-59(8,9)10/h32-33,35,46-47H,19-31,34,36-43H2,1-18H3,(H,62,75)/t46-,47-/m0/s1. The third-order valence-corrected chi connectivity index (χ3v) is 12.5. The summed E-state index contributed by atoms with van der Waals surface area (Å²) in [6, 6.07) is 3.29. The minimum atomic E-state index is -0.853. The van der Waals surface area contributed by atoms with E-state index in [2.05, 4.69) is 27.5 Å². The number of methoxy groups -OCH3 is 2. The maximum atomic E-state index is 13.7. The van der Waals surface area contributed by atoms with Crippen molar-refractivity contribution in [1.82, 2.24) is 39.9 Å². The molecule has 1 amide bonds. The van der Waals surface area contributed by atoms with E-state index in [1.807, 2.05) is 12.1 Å². The van der Waals surface area contributed by atoms with Crippen LogP contribution in [0.15, 0.2) is 18.3 Å². The lowest BCUT2D eigenvalue weighted by molar-refractivity contribution is -0.163. The molecule has 2 aromatic rings. The zero-order valence-corrected chi connectivity index (χ0v) is 54.6. The second-order valence-electron chi connectivity index (χ2n) is 26.3. The minimum absolute atomic E-state index is 0.0142. The molecule has 0 saturated carbocycles. The number of hydrogen-bond donors (Lipinski definition) is 1. The molecule has 0 spiro atoms. The van der Waals surface area contributed by atoms with Crippen LogP contribution in [0.5, 0.6) is 11.5 Å². The number of carbonyl (C=O) groups is 6. The molecule has 1 aliphatic heterocycles. The van der Waals surface area contributed by atoms with Crippen LogP contribution in [0.25, 0.3) is 0 Å². The number of rotatable bonds is 36. The van der Waals surface area contributed by atoms with Gasteiger partial charge in [0.25, 0.3) is 5.91 Å². The molecule has 0 unspecified atom stereocenters. The first kappa shape index (κ1) is 73.8. The van der Waals surface area contributed by atoms with Gasteiger partial charge in [-0.25, -0.2) is 4.68 Å². The second kappa shape index (κ2) is 34.7. The molecule has 1 saturated heterocycles. The summed E-state index contributed by atoms with van der Waals surface area (Å²) in [6.07, 6.45) is 5.28. The highest BCUT2D eigenvalue weighted by atomic mass is 16.6. The molecule has 1 aliphatic rings. The number of aryl methyl sites for hydroxylation is 1. The van der Waals surface area contributed by atoms with Gasteiger partial charge in [-0.05, 0) is 160 Å². The lowest BCUT2D eigenvalue weighted by Crippen LogP contribution is -2.53. The fourth-order valence-electron chi connectivity index (χ4n) is 9.22. The summed E-state index contributed by atoms with van der Waals surface area (Å²) in [5, 5.41) is 11.7. The van der Waals surface area contributed by atoms with Crippen molar-refractivity contribution in [2.75, 3.05) is 119 Å².